The summed E-state index contributed by atoms with van der Waals surface area (Å²) in [6.07, 6.45) is 0. The maximum atomic E-state index is 10.9. The molecule has 0 bridgehead atoms. The van der Waals surface area contributed by atoms with E-state index in [1.165, 1.54) is 6.92 Å². The van der Waals surface area contributed by atoms with Crippen LogP contribution in [0.25, 0.3) is 0 Å². The van der Waals surface area contributed by atoms with Gasteiger partial charge in [-0.2, -0.15) is 0 Å². The number of hydrogen-bond acceptors (Lipinski definition) is 2. The molecule has 14 heavy (non-hydrogen) atoms. The van der Waals surface area contributed by atoms with Gasteiger partial charge in [0.25, 0.3) is 0 Å². The highest BCUT2D eigenvalue weighted by atomic mass is 79.9. The lowest BCUT2D eigenvalue weighted by molar-refractivity contribution is -0.143. The van der Waals surface area contributed by atoms with Crippen LogP contribution < -0.4 is 5.73 Å². The van der Waals surface area contributed by atoms with Crippen LogP contribution >= 0.6 is 27.5 Å². The van der Waals surface area contributed by atoms with Crippen LogP contribution in [0.1, 0.15) is 12.5 Å². The number of halogens is 2. The predicted octanol–water partition coefficient (Wildman–Crippen LogP) is 2.36. The summed E-state index contributed by atoms with van der Waals surface area (Å²) < 4.78 is 0.595. The van der Waals surface area contributed by atoms with Gasteiger partial charge >= 0.3 is 5.97 Å². The molecule has 0 heterocycles. The first-order valence-electron chi connectivity index (χ1n) is 3.83. The van der Waals surface area contributed by atoms with Crippen molar-refractivity contribution in [3.8, 4) is 0 Å². The van der Waals surface area contributed by atoms with E-state index in [9.17, 15) is 4.79 Å². The number of carbonyl (C=O) groups is 1. The summed E-state index contributed by atoms with van der Waals surface area (Å²) in [6, 6.07) is 4.82. The largest absolute Gasteiger partial charge is 0.480 e. The van der Waals surface area contributed by atoms with E-state index in [0.29, 0.717) is 15.1 Å². The minimum atomic E-state index is -1.41. The molecule has 0 aromatic heterocycles. The van der Waals surface area contributed by atoms with Crippen LogP contribution in [0.15, 0.2) is 22.7 Å². The fourth-order valence-electron chi connectivity index (χ4n) is 1.03. The van der Waals surface area contributed by atoms with Gasteiger partial charge in [-0.25, -0.2) is 4.79 Å². The molecule has 0 amide bonds. The first-order valence-corrected chi connectivity index (χ1v) is 5.00. The van der Waals surface area contributed by atoms with Gasteiger partial charge in [0.05, 0.1) is 0 Å². The highest BCUT2D eigenvalue weighted by Crippen LogP contribution is 2.29. The van der Waals surface area contributed by atoms with Crippen molar-refractivity contribution in [3.05, 3.63) is 33.3 Å². The zero-order valence-corrected chi connectivity index (χ0v) is 9.76. The molecule has 0 fully saturated rings. The lowest BCUT2D eigenvalue weighted by Gasteiger charge is -2.21. The highest BCUT2D eigenvalue weighted by Gasteiger charge is 2.31. The second-order valence-electron chi connectivity index (χ2n) is 3.13. The third-order valence-electron chi connectivity index (χ3n) is 1.93. The van der Waals surface area contributed by atoms with E-state index in [2.05, 4.69) is 15.9 Å². The Bertz CT molecular complexity index is 379. The molecular formula is C9H9BrClNO2. The third kappa shape index (κ3) is 2.08. The number of hydrogen-bond donors (Lipinski definition) is 2. The van der Waals surface area contributed by atoms with Crippen molar-refractivity contribution in [2.75, 3.05) is 0 Å². The van der Waals surface area contributed by atoms with Crippen molar-refractivity contribution >= 4 is 33.5 Å². The van der Waals surface area contributed by atoms with Gasteiger partial charge in [-0.1, -0.05) is 33.6 Å². The van der Waals surface area contributed by atoms with Crippen LogP contribution in [0.4, 0.5) is 0 Å². The first kappa shape index (κ1) is 11.5. The van der Waals surface area contributed by atoms with Gasteiger partial charge in [0.2, 0.25) is 0 Å². The van der Waals surface area contributed by atoms with Crippen molar-refractivity contribution in [2.24, 2.45) is 5.73 Å². The van der Waals surface area contributed by atoms with Crippen LogP contribution in [0.2, 0.25) is 5.02 Å². The lowest BCUT2D eigenvalue weighted by atomic mass is 9.94. The first-order chi connectivity index (χ1) is 6.35. The Labute approximate surface area is 95.0 Å². The van der Waals surface area contributed by atoms with E-state index in [1.807, 2.05) is 0 Å². The Morgan fingerprint density at radius 1 is 1.64 bits per heavy atom. The molecule has 0 aliphatic heterocycles. The van der Waals surface area contributed by atoms with Gasteiger partial charge in [-0.3, -0.25) is 0 Å². The number of aliphatic carboxylic acids is 1. The van der Waals surface area contributed by atoms with Crippen LogP contribution in [-0.2, 0) is 10.3 Å². The molecule has 0 saturated heterocycles. The maximum Gasteiger partial charge on any atom is 0.328 e. The summed E-state index contributed by atoms with van der Waals surface area (Å²) in [5.74, 6) is -1.08. The number of carboxylic acid groups (broad SMARTS) is 1. The molecular weight excluding hydrogens is 269 g/mol. The van der Waals surface area contributed by atoms with E-state index in [-0.39, 0.29) is 0 Å². The molecule has 1 atom stereocenters. The van der Waals surface area contributed by atoms with Crippen molar-refractivity contribution < 1.29 is 9.90 Å². The molecule has 76 valence electrons. The number of rotatable bonds is 2. The van der Waals surface area contributed by atoms with Crippen molar-refractivity contribution in [1.29, 1.82) is 0 Å². The second kappa shape index (κ2) is 3.88. The van der Waals surface area contributed by atoms with Crippen molar-refractivity contribution in [2.45, 2.75) is 12.5 Å². The van der Waals surface area contributed by atoms with E-state index in [0.717, 1.165) is 0 Å². The average molecular weight is 279 g/mol. The Kier molecular flexibility index (Phi) is 3.19. The summed E-state index contributed by atoms with van der Waals surface area (Å²) >= 11 is 8.95. The van der Waals surface area contributed by atoms with Crippen molar-refractivity contribution in [3.63, 3.8) is 0 Å². The maximum absolute atomic E-state index is 10.9. The summed E-state index contributed by atoms with van der Waals surface area (Å²) in [5.41, 5.74) is 4.74. The number of nitrogens with two attached hydrogens (primary N) is 1. The SMILES string of the molecule is C[C@@](N)(C(=O)O)c1ccc(Cl)cc1Br. The van der Waals surface area contributed by atoms with Crippen molar-refractivity contribution in [1.82, 2.24) is 0 Å². The molecule has 0 aliphatic carbocycles. The monoisotopic (exact) mass is 277 g/mol. The molecule has 1 rings (SSSR count). The van der Waals surface area contributed by atoms with Gasteiger partial charge in [0, 0.05) is 9.50 Å². The van der Waals surface area contributed by atoms with E-state index in [1.54, 1.807) is 18.2 Å². The minimum Gasteiger partial charge on any atom is -0.480 e. The Balaban J connectivity index is 3.26. The molecule has 0 spiro atoms. The Morgan fingerprint density at radius 3 is 2.64 bits per heavy atom. The average Bonchev–Trinajstić information content (AvgIpc) is 2.02. The predicted molar refractivity (Wildman–Crippen MR) is 58.3 cm³/mol. The second-order valence-corrected chi connectivity index (χ2v) is 4.42. The van der Waals surface area contributed by atoms with Gasteiger partial charge < -0.3 is 10.8 Å². The van der Waals surface area contributed by atoms with Gasteiger partial charge in [-0.05, 0) is 24.6 Å². The molecule has 3 nitrogen and oxygen atoms in total. The zero-order valence-electron chi connectivity index (χ0n) is 7.42. The molecule has 0 saturated carbocycles. The fourth-order valence-corrected chi connectivity index (χ4v) is 2.12. The van der Waals surface area contributed by atoms with Gasteiger partial charge in [-0.15, -0.1) is 0 Å². The van der Waals surface area contributed by atoms with Gasteiger partial charge in [0.15, 0.2) is 0 Å². The Morgan fingerprint density at radius 2 is 2.21 bits per heavy atom. The molecule has 0 aliphatic rings. The van der Waals surface area contributed by atoms with Crippen LogP contribution in [-0.4, -0.2) is 11.1 Å². The topological polar surface area (TPSA) is 63.3 Å². The molecule has 1 aromatic rings. The lowest BCUT2D eigenvalue weighted by Crippen LogP contribution is -2.41. The highest BCUT2D eigenvalue weighted by molar-refractivity contribution is 9.10. The normalized spacial score (nSPS) is 14.9. The molecule has 5 heteroatoms. The number of benzene rings is 1. The zero-order chi connectivity index (χ0) is 10.9. The quantitative estimate of drug-likeness (QED) is 0.873. The summed E-state index contributed by atoms with van der Waals surface area (Å²) in [6.45, 7) is 1.43. The molecule has 1 aromatic carbocycles. The van der Waals surface area contributed by atoms with E-state index < -0.39 is 11.5 Å². The number of carboxylic acids is 1. The van der Waals surface area contributed by atoms with Crippen LogP contribution in [0.3, 0.4) is 0 Å². The molecule has 0 unspecified atom stereocenters. The van der Waals surface area contributed by atoms with E-state index >= 15 is 0 Å². The van der Waals surface area contributed by atoms with Crippen LogP contribution in [0, 0.1) is 0 Å². The fraction of sp³-hybridized carbons (Fsp3) is 0.222. The van der Waals surface area contributed by atoms with E-state index in [4.69, 9.17) is 22.4 Å². The van der Waals surface area contributed by atoms with Gasteiger partial charge in [0.1, 0.15) is 5.54 Å². The standard InChI is InChI=1S/C9H9BrClNO2/c1-9(12,8(13)14)6-3-2-5(11)4-7(6)10/h2-4H,12H2,1H3,(H,13,14)/t9-/m0/s1. The Hall–Kier alpha value is -0.580. The summed E-state index contributed by atoms with van der Waals surface area (Å²) in [4.78, 5) is 10.9. The van der Waals surface area contributed by atoms with Crippen LogP contribution in [0.5, 0.6) is 0 Å². The minimum absolute atomic E-state index is 0.495. The molecule has 3 N–H and O–H groups in total. The smallest absolute Gasteiger partial charge is 0.328 e. The third-order valence-corrected chi connectivity index (χ3v) is 2.83. The summed E-state index contributed by atoms with van der Waals surface area (Å²) in [5, 5.41) is 9.44. The molecule has 0 radical (unpaired) electrons. The summed E-state index contributed by atoms with van der Waals surface area (Å²) in [7, 11) is 0.